The summed E-state index contributed by atoms with van der Waals surface area (Å²) in [6, 6.07) is 0. The van der Waals surface area contributed by atoms with E-state index >= 15 is 0 Å². The molecule has 3 N–H and O–H groups in total. The maximum absolute atomic E-state index is 12.7. The van der Waals surface area contributed by atoms with Gasteiger partial charge in [0.15, 0.2) is 0 Å². The summed E-state index contributed by atoms with van der Waals surface area (Å²) < 4.78 is 6.60. The highest BCUT2D eigenvalue weighted by atomic mass is 16.5. The van der Waals surface area contributed by atoms with Crippen molar-refractivity contribution in [3.05, 3.63) is 0 Å². The Morgan fingerprint density at radius 2 is 1.90 bits per heavy atom. The van der Waals surface area contributed by atoms with E-state index in [4.69, 9.17) is 4.74 Å². The minimum Gasteiger partial charge on any atom is -0.393 e. The number of hydrogen-bond donors (Lipinski definition) is 3. The molecule has 0 bridgehead atoms. The Hall–Kier alpha value is -0.650. The zero-order valence-corrected chi connectivity index (χ0v) is 19.9. The second-order valence-corrected chi connectivity index (χ2v) is 11.2. The molecule has 0 aromatic heterocycles. The van der Waals surface area contributed by atoms with Gasteiger partial charge >= 0.3 is 0 Å². The number of ether oxygens (including phenoxy) is 1. The van der Waals surface area contributed by atoms with Crippen LogP contribution in [0.4, 0.5) is 0 Å². The van der Waals surface area contributed by atoms with E-state index in [1.165, 1.54) is 0 Å². The predicted molar refractivity (Wildman–Crippen MR) is 116 cm³/mol. The third-order valence-corrected chi connectivity index (χ3v) is 7.69. The highest BCUT2D eigenvalue weighted by molar-refractivity contribution is 5.80. The van der Waals surface area contributed by atoms with Crippen molar-refractivity contribution in [3.63, 3.8) is 0 Å². The minimum absolute atomic E-state index is 0.00405. The summed E-state index contributed by atoms with van der Waals surface area (Å²) in [6.45, 7) is 16.9. The zero-order valence-electron chi connectivity index (χ0n) is 19.9. The topological polar surface area (TPSA) is 78.8 Å². The van der Waals surface area contributed by atoms with Crippen LogP contribution in [0.15, 0.2) is 0 Å². The third-order valence-electron chi connectivity index (χ3n) is 7.69. The first-order chi connectivity index (χ1) is 13.3. The highest BCUT2D eigenvalue weighted by Crippen LogP contribution is 2.46. The highest BCUT2D eigenvalue weighted by Gasteiger charge is 2.57. The molecule has 9 atom stereocenters. The van der Waals surface area contributed by atoms with Crippen LogP contribution in [0, 0.1) is 35.0 Å². The van der Waals surface area contributed by atoms with Crippen LogP contribution in [0.5, 0.6) is 0 Å². The molecular formula is C24H45NO4. The molecule has 0 radical (unpaired) electrons. The van der Waals surface area contributed by atoms with E-state index in [0.29, 0.717) is 6.42 Å². The molecule has 29 heavy (non-hydrogen) atoms. The summed E-state index contributed by atoms with van der Waals surface area (Å²) in [7, 11) is 0. The standard InChI is InChI=1S/C24H45NO4/c1-9-18-12-15(3)24(25-22(18)28)17(5)21(27)16(4)20(29-24)13-19(26)14(2)10-11-23(6,7)8/h14-21,26-27H,9-13H2,1-8H3,(H,25,28)/t14-,15-,16-,17-,18-,19-,20-,21-,24+/m0/s1. The Balaban J connectivity index is 2.14. The van der Waals surface area contributed by atoms with Crippen molar-refractivity contribution in [1.29, 1.82) is 0 Å². The molecule has 2 aliphatic rings. The number of aliphatic hydroxyl groups is 2. The molecule has 170 valence electrons. The van der Waals surface area contributed by atoms with E-state index < -0.39 is 17.9 Å². The second-order valence-electron chi connectivity index (χ2n) is 11.2. The van der Waals surface area contributed by atoms with Crippen molar-refractivity contribution in [2.24, 2.45) is 35.0 Å². The molecule has 0 aromatic rings. The number of piperidine rings is 1. The van der Waals surface area contributed by atoms with E-state index in [1.54, 1.807) is 0 Å². The molecule has 2 rings (SSSR count). The lowest BCUT2D eigenvalue weighted by Gasteiger charge is -2.56. The van der Waals surface area contributed by atoms with Crippen molar-refractivity contribution in [3.8, 4) is 0 Å². The van der Waals surface area contributed by atoms with E-state index in [2.05, 4.69) is 39.9 Å². The van der Waals surface area contributed by atoms with Gasteiger partial charge in [0.1, 0.15) is 5.72 Å². The molecule has 2 saturated heterocycles. The van der Waals surface area contributed by atoms with Gasteiger partial charge in [0.25, 0.3) is 0 Å². The fourth-order valence-electron chi connectivity index (χ4n) is 5.17. The van der Waals surface area contributed by atoms with Crippen molar-refractivity contribution in [1.82, 2.24) is 5.32 Å². The zero-order chi connectivity index (χ0) is 22.1. The molecule has 0 saturated carbocycles. The van der Waals surface area contributed by atoms with Crippen LogP contribution in [-0.4, -0.2) is 40.2 Å². The summed E-state index contributed by atoms with van der Waals surface area (Å²) in [5, 5.41) is 25.0. The maximum atomic E-state index is 12.7. The summed E-state index contributed by atoms with van der Waals surface area (Å²) >= 11 is 0. The molecule has 5 nitrogen and oxygen atoms in total. The van der Waals surface area contributed by atoms with Crippen molar-refractivity contribution >= 4 is 5.91 Å². The van der Waals surface area contributed by atoms with Gasteiger partial charge in [-0.2, -0.15) is 0 Å². The average molecular weight is 412 g/mol. The number of aliphatic hydroxyl groups excluding tert-OH is 2. The number of carbonyl (C=O) groups is 1. The summed E-state index contributed by atoms with van der Waals surface area (Å²) in [6.07, 6.45) is 2.74. The smallest absolute Gasteiger partial charge is 0.225 e. The number of carbonyl (C=O) groups excluding carboxylic acids is 1. The molecule has 1 spiro atoms. The van der Waals surface area contributed by atoms with Gasteiger partial charge in [-0.25, -0.2) is 0 Å². The van der Waals surface area contributed by atoms with Gasteiger partial charge in [0.05, 0.1) is 18.3 Å². The number of nitrogens with one attached hydrogen (secondary N) is 1. The van der Waals surface area contributed by atoms with Gasteiger partial charge in [-0.3, -0.25) is 4.79 Å². The minimum atomic E-state index is -0.853. The third kappa shape index (κ3) is 5.34. The second kappa shape index (κ2) is 9.23. The number of amides is 1. The molecule has 0 aromatic carbocycles. The maximum Gasteiger partial charge on any atom is 0.225 e. The van der Waals surface area contributed by atoms with Gasteiger partial charge in [-0.05, 0) is 37.0 Å². The summed E-state index contributed by atoms with van der Waals surface area (Å²) in [5.74, 6) is 0.0241. The molecule has 2 heterocycles. The van der Waals surface area contributed by atoms with Crippen LogP contribution in [0.1, 0.15) is 87.5 Å². The normalized spacial score (nSPS) is 40.6. The number of rotatable bonds is 6. The Kier molecular flexibility index (Phi) is 7.84. The lowest BCUT2D eigenvalue weighted by molar-refractivity contribution is -0.267. The number of hydrogen-bond acceptors (Lipinski definition) is 4. The van der Waals surface area contributed by atoms with Crippen LogP contribution < -0.4 is 5.32 Å². The van der Waals surface area contributed by atoms with Gasteiger partial charge in [-0.1, -0.05) is 55.4 Å². The lowest BCUT2D eigenvalue weighted by Crippen LogP contribution is -2.71. The molecule has 5 heteroatoms. The van der Waals surface area contributed by atoms with Crippen molar-refractivity contribution < 1.29 is 19.7 Å². The fourth-order valence-corrected chi connectivity index (χ4v) is 5.17. The SMILES string of the molecule is CC[C@H]1C[C@H](C)[C@@]2(NC1=O)O[C@@H](C[C@H](O)[C@@H](C)CCC(C)(C)C)[C@H](C)[C@H](O)[C@@H]2C. The molecule has 0 aliphatic carbocycles. The Bertz CT molecular complexity index is 560. The van der Waals surface area contributed by atoms with Crippen molar-refractivity contribution in [2.45, 2.75) is 112 Å². The van der Waals surface area contributed by atoms with Crippen LogP contribution in [0.3, 0.4) is 0 Å². The van der Waals surface area contributed by atoms with Crippen LogP contribution in [0.2, 0.25) is 0 Å². The predicted octanol–water partition coefficient (Wildman–Crippen LogP) is 4.11. The van der Waals surface area contributed by atoms with Crippen LogP contribution in [0.25, 0.3) is 0 Å². The first kappa shape index (κ1) is 24.6. The van der Waals surface area contributed by atoms with Crippen molar-refractivity contribution in [2.75, 3.05) is 0 Å². The van der Waals surface area contributed by atoms with Crippen LogP contribution >= 0.6 is 0 Å². The fraction of sp³-hybridized carbons (Fsp3) is 0.958. The first-order valence-electron chi connectivity index (χ1n) is 11.7. The first-order valence-corrected chi connectivity index (χ1v) is 11.7. The van der Waals surface area contributed by atoms with E-state index in [9.17, 15) is 15.0 Å². The van der Waals surface area contributed by atoms with E-state index in [0.717, 1.165) is 25.7 Å². The average Bonchev–Trinajstić information content (AvgIpc) is 2.64. The molecular weight excluding hydrogens is 366 g/mol. The van der Waals surface area contributed by atoms with E-state index in [-0.39, 0.29) is 47.0 Å². The molecule has 2 aliphatic heterocycles. The Labute approximate surface area is 178 Å². The lowest BCUT2D eigenvalue weighted by atomic mass is 9.69. The monoisotopic (exact) mass is 411 g/mol. The Morgan fingerprint density at radius 1 is 1.28 bits per heavy atom. The van der Waals surface area contributed by atoms with E-state index in [1.807, 2.05) is 20.8 Å². The Morgan fingerprint density at radius 3 is 2.45 bits per heavy atom. The van der Waals surface area contributed by atoms with Gasteiger partial charge in [0.2, 0.25) is 5.91 Å². The summed E-state index contributed by atoms with van der Waals surface area (Å²) in [4.78, 5) is 12.7. The van der Waals surface area contributed by atoms with Crippen LogP contribution in [-0.2, 0) is 9.53 Å². The summed E-state index contributed by atoms with van der Waals surface area (Å²) in [5.41, 5.74) is -0.608. The van der Waals surface area contributed by atoms with Gasteiger partial charge in [0, 0.05) is 30.1 Å². The molecule has 0 unspecified atom stereocenters. The largest absolute Gasteiger partial charge is 0.393 e. The van der Waals surface area contributed by atoms with Gasteiger partial charge in [-0.15, -0.1) is 0 Å². The quantitative estimate of drug-likeness (QED) is 0.614. The van der Waals surface area contributed by atoms with Gasteiger partial charge < -0.3 is 20.3 Å². The molecule has 1 amide bonds. The molecule has 2 fully saturated rings.